The molecule has 0 aliphatic carbocycles. The maximum Gasteiger partial charge on any atom is 0.153 e. The molecule has 0 amide bonds. The Kier molecular flexibility index (Phi) is 4.66. The quantitative estimate of drug-likeness (QED) is 0.502. The molecule has 1 heterocycles. The van der Waals surface area contributed by atoms with Crippen LogP contribution in [0, 0.1) is 13.8 Å². The molecule has 0 saturated carbocycles. The van der Waals surface area contributed by atoms with Gasteiger partial charge in [0.1, 0.15) is 11.6 Å². The zero-order valence-electron chi connectivity index (χ0n) is 12.2. The van der Waals surface area contributed by atoms with Crippen LogP contribution >= 0.6 is 0 Å². The summed E-state index contributed by atoms with van der Waals surface area (Å²) >= 11 is 0. The highest BCUT2D eigenvalue weighted by molar-refractivity contribution is 5.83. The molecular weight excluding hydrogens is 264 g/mol. The summed E-state index contributed by atoms with van der Waals surface area (Å²) in [6.07, 6.45) is 4.03. The number of benzene rings is 1. The highest BCUT2D eigenvalue weighted by atomic mass is 16.3. The normalized spacial score (nSPS) is 10.8. The van der Waals surface area contributed by atoms with Crippen LogP contribution in [-0.4, -0.2) is 21.3 Å². The molecule has 0 radical (unpaired) electrons. The lowest BCUT2D eigenvalue weighted by Crippen LogP contribution is -2.05. The fourth-order valence-electron chi connectivity index (χ4n) is 1.98. The first kappa shape index (κ1) is 14.7. The summed E-state index contributed by atoms with van der Waals surface area (Å²) in [6.45, 7) is 7.52. The van der Waals surface area contributed by atoms with Crippen LogP contribution in [0.25, 0.3) is 0 Å². The van der Waals surface area contributed by atoms with Crippen LogP contribution in [0.2, 0.25) is 0 Å². The fourth-order valence-corrected chi connectivity index (χ4v) is 1.98. The Morgan fingerprint density at radius 1 is 1.29 bits per heavy atom. The maximum atomic E-state index is 9.68. The van der Waals surface area contributed by atoms with Crippen LogP contribution in [0.4, 0.5) is 5.82 Å². The number of hydrogen-bond acceptors (Lipinski definition) is 5. The molecule has 0 aliphatic rings. The number of rotatable bonds is 5. The minimum absolute atomic E-state index is 0.185. The molecule has 5 heteroatoms. The van der Waals surface area contributed by atoms with Crippen LogP contribution in [0.3, 0.4) is 0 Å². The smallest absolute Gasteiger partial charge is 0.153 e. The van der Waals surface area contributed by atoms with Gasteiger partial charge in [-0.2, -0.15) is 5.10 Å². The van der Waals surface area contributed by atoms with E-state index in [1.54, 1.807) is 30.5 Å². The van der Waals surface area contributed by atoms with Crippen molar-refractivity contribution < 1.29 is 5.11 Å². The van der Waals surface area contributed by atoms with Crippen molar-refractivity contribution in [2.24, 2.45) is 5.10 Å². The molecule has 0 atom stereocenters. The van der Waals surface area contributed by atoms with E-state index in [0.29, 0.717) is 23.6 Å². The Balaban J connectivity index is 2.23. The monoisotopic (exact) mass is 282 g/mol. The zero-order valence-corrected chi connectivity index (χ0v) is 12.2. The number of aryl methyl sites for hydroxylation is 2. The third-order valence-corrected chi connectivity index (χ3v) is 2.99. The van der Waals surface area contributed by atoms with Gasteiger partial charge in [0.15, 0.2) is 5.82 Å². The summed E-state index contributed by atoms with van der Waals surface area (Å²) in [5, 5.41) is 13.8. The van der Waals surface area contributed by atoms with Gasteiger partial charge in [0.2, 0.25) is 0 Å². The van der Waals surface area contributed by atoms with Crippen molar-refractivity contribution >= 4 is 12.0 Å². The molecule has 0 unspecified atom stereocenters. The second-order valence-electron chi connectivity index (χ2n) is 4.61. The SMILES string of the molecule is C=CCc1c(C)nc(C)nc1N/N=C/c1ccccc1O. The molecule has 2 N–H and O–H groups in total. The maximum absolute atomic E-state index is 9.68. The number of nitrogens with zero attached hydrogens (tertiary/aromatic N) is 3. The number of aromatic nitrogens is 2. The number of phenolic OH excluding ortho intramolecular Hbond substituents is 1. The van der Waals surface area contributed by atoms with Crippen LogP contribution in [0.15, 0.2) is 42.0 Å². The first-order valence-corrected chi connectivity index (χ1v) is 6.64. The molecule has 0 bridgehead atoms. The zero-order chi connectivity index (χ0) is 15.2. The van der Waals surface area contributed by atoms with Crippen molar-refractivity contribution in [2.45, 2.75) is 20.3 Å². The Bertz CT molecular complexity index is 680. The fraction of sp³-hybridized carbons (Fsp3) is 0.188. The van der Waals surface area contributed by atoms with Crippen molar-refractivity contribution in [3.8, 4) is 5.75 Å². The summed E-state index contributed by atoms with van der Waals surface area (Å²) < 4.78 is 0. The number of para-hydroxylation sites is 1. The Hall–Kier alpha value is -2.69. The molecule has 5 nitrogen and oxygen atoms in total. The van der Waals surface area contributed by atoms with Gasteiger partial charge >= 0.3 is 0 Å². The van der Waals surface area contributed by atoms with Crippen LogP contribution in [0.1, 0.15) is 22.6 Å². The Morgan fingerprint density at radius 3 is 2.76 bits per heavy atom. The number of aromatic hydroxyl groups is 1. The molecule has 0 aliphatic heterocycles. The van der Waals surface area contributed by atoms with E-state index < -0.39 is 0 Å². The van der Waals surface area contributed by atoms with Gasteiger partial charge < -0.3 is 5.11 Å². The van der Waals surface area contributed by atoms with E-state index in [0.717, 1.165) is 11.3 Å². The molecular formula is C16H18N4O. The summed E-state index contributed by atoms with van der Waals surface area (Å²) in [5.74, 6) is 1.52. The second kappa shape index (κ2) is 6.65. The number of nitrogens with one attached hydrogen (secondary N) is 1. The third-order valence-electron chi connectivity index (χ3n) is 2.99. The van der Waals surface area contributed by atoms with Crippen molar-refractivity contribution in [1.82, 2.24) is 9.97 Å². The summed E-state index contributed by atoms with van der Waals surface area (Å²) in [7, 11) is 0. The molecule has 1 aromatic carbocycles. The Morgan fingerprint density at radius 2 is 2.05 bits per heavy atom. The van der Waals surface area contributed by atoms with Crippen molar-refractivity contribution in [1.29, 1.82) is 0 Å². The molecule has 1 aromatic heterocycles. The molecule has 0 spiro atoms. The minimum atomic E-state index is 0.185. The highest BCUT2D eigenvalue weighted by Gasteiger charge is 2.08. The lowest BCUT2D eigenvalue weighted by atomic mass is 10.1. The third kappa shape index (κ3) is 3.66. The van der Waals surface area contributed by atoms with E-state index >= 15 is 0 Å². The van der Waals surface area contributed by atoms with Gasteiger partial charge in [-0.05, 0) is 32.4 Å². The van der Waals surface area contributed by atoms with Gasteiger partial charge in [0.05, 0.1) is 6.21 Å². The first-order chi connectivity index (χ1) is 10.1. The van der Waals surface area contributed by atoms with Gasteiger partial charge in [-0.25, -0.2) is 9.97 Å². The van der Waals surface area contributed by atoms with Crippen molar-refractivity contribution in [3.05, 3.63) is 59.6 Å². The van der Waals surface area contributed by atoms with Crippen LogP contribution in [-0.2, 0) is 6.42 Å². The summed E-state index contributed by atoms with van der Waals surface area (Å²) in [5.41, 5.74) is 5.42. The summed E-state index contributed by atoms with van der Waals surface area (Å²) in [4.78, 5) is 8.70. The number of allylic oxidation sites excluding steroid dienone is 1. The second-order valence-corrected chi connectivity index (χ2v) is 4.61. The van der Waals surface area contributed by atoms with Gasteiger partial charge in [0.25, 0.3) is 0 Å². The predicted molar refractivity (Wildman–Crippen MR) is 84.7 cm³/mol. The molecule has 0 saturated heterocycles. The largest absolute Gasteiger partial charge is 0.507 e. The molecule has 2 aromatic rings. The minimum Gasteiger partial charge on any atom is -0.507 e. The van der Waals surface area contributed by atoms with Gasteiger partial charge in [-0.3, -0.25) is 5.43 Å². The predicted octanol–water partition coefficient (Wildman–Crippen LogP) is 2.97. The van der Waals surface area contributed by atoms with E-state index in [9.17, 15) is 5.11 Å². The van der Waals surface area contributed by atoms with E-state index in [2.05, 4.69) is 27.1 Å². The van der Waals surface area contributed by atoms with E-state index in [1.165, 1.54) is 0 Å². The van der Waals surface area contributed by atoms with Crippen molar-refractivity contribution in [3.63, 3.8) is 0 Å². The van der Waals surface area contributed by atoms with E-state index in [-0.39, 0.29) is 5.75 Å². The molecule has 2 rings (SSSR count). The average Bonchev–Trinajstić information content (AvgIpc) is 2.44. The Labute approximate surface area is 124 Å². The average molecular weight is 282 g/mol. The number of anilines is 1. The molecule has 108 valence electrons. The number of phenols is 1. The highest BCUT2D eigenvalue weighted by Crippen LogP contribution is 2.18. The van der Waals surface area contributed by atoms with E-state index in [4.69, 9.17) is 0 Å². The molecule has 21 heavy (non-hydrogen) atoms. The lowest BCUT2D eigenvalue weighted by molar-refractivity contribution is 0.474. The standard InChI is InChI=1S/C16H18N4O/c1-4-7-14-11(2)18-12(3)19-16(14)20-17-10-13-8-5-6-9-15(13)21/h4-6,8-10,21H,1,7H2,2-3H3,(H,18,19,20)/b17-10+. The lowest BCUT2D eigenvalue weighted by Gasteiger charge is -2.09. The van der Waals surface area contributed by atoms with Crippen LogP contribution < -0.4 is 5.43 Å². The topological polar surface area (TPSA) is 70.4 Å². The van der Waals surface area contributed by atoms with E-state index in [1.807, 2.05) is 19.9 Å². The molecule has 0 fully saturated rings. The number of hydrazone groups is 1. The van der Waals surface area contributed by atoms with Crippen molar-refractivity contribution in [2.75, 3.05) is 5.43 Å². The van der Waals surface area contributed by atoms with Gasteiger partial charge in [0, 0.05) is 16.8 Å². The number of hydrogen-bond donors (Lipinski definition) is 2. The summed E-state index contributed by atoms with van der Waals surface area (Å²) in [6, 6.07) is 6.99. The van der Waals surface area contributed by atoms with Crippen LogP contribution in [0.5, 0.6) is 5.75 Å². The van der Waals surface area contributed by atoms with Gasteiger partial charge in [-0.15, -0.1) is 6.58 Å². The van der Waals surface area contributed by atoms with Gasteiger partial charge in [-0.1, -0.05) is 18.2 Å². The first-order valence-electron chi connectivity index (χ1n) is 6.64.